The zero-order valence-electron chi connectivity index (χ0n) is 10.9. The lowest BCUT2D eigenvalue weighted by molar-refractivity contribution is -0.211. The van der Waals surface area contributed by atoms with Gasteiger partial charge in [0.15, 0.2) is 11.5 Å². The lowest BCUT2D eigenvalue weighted by atomic mass is 9.88. The van der Waals surface area contributed by atoms with E-state index in [1.807, 2.05) is 19.1 Å². The smallest absolute Gasteiger partial charge is 0.293 e. The van der Waals surface area contributed by atoms with Crippen LogP contribution in [0, 0.1) is 0 Å². The molecule has 0 aliphatic heterocycles. The Morgan fingerprint density at radius 3 is 2.84 bits per heavy atom. The van der Waals surface area contributed by atoms with Crippen LogP contribution in [0.15, 0.2) is 12.1 Å². The van der Waals surface area contributed by atoms with Gasteiger partial charge in [-0.15, -0.1) is 0 Å². The van der Waals surface area contributed by atoms with Gasteiger partial charge in [0.05, 0.1) is 4.83 Å². The first-order chi connectivity index (χ1) is 9.04. The fourth-order valence-electron chi connectivity index (χ4n) is 2.21. The molecule has 0 saturated heterocycles. The van der Waals surface area contributed by atoms with Crippen molar-refractivity contribution in [2.24, 2.45) is 0 Å². The molecule has 0 saturated carbocycles. The van der Waals surface area contributed by atoms with Crippen molar-refractivity contribution in [3.63, 3.8) is 0 Å². The minimum Gasteiger partial charge on any atom is -0.293 e. The van der Waals surface area contributed by atoms with Gasteiger partial charge in [-0.1, -0.05) is 35.0 Å². The Balaban J connectivity index is 2.44. The van der Waals surface area contributed by atoms with E-state index in [-0.39, 0.29) is 10.6 Å². The van der Waals surface area contributed by atoms with Gasteiger partial charge in [-0.25, -0.2) is 4.79 Å². The van der Waals surface area contributed by atoms with Crippen molar-refractivity contribution in [3.8, 4) is 5.75 Å². The SMILES string of the molecule is CCc1ccc2c(c1OOC(C)=O)CCC(Br)C2=O. The lowest BCUT2D eigenvalue weighted by Gasteiger charge is -2.22. The fourth-order valence-corrected chi connectivity index (χ4v) is 2.68. The fraction of sp³-hybridized carbons (Fsp3) is 0.429. The second kappa shape index (κ2) is 5.74. The van der Waals surface area contributed by atoms with Crippen LogP contribution in [-0.4, -0.2) is 16.6 Å². The highest BCUT2D eigenvalue weighted by Gasteiger charge is 2.29. The first kappa shape index (κ1) is 14.1. The molecule has 0 spiro atoms. The van der Waals surface area contributed by atoms with Crippen LogP contribution in [0.4, 0.5) is 0 Å². The maximum Gasteiger partial charge on any atom is 0.352 e. The van der Waals surface area contributed by atoms with E-state index in [2.05, 4.69) is 20.8 Å². The van der Waals surface area contributed by atoms with Crippen molar-refractivity contribution in [3.05, 3.63) is 28.8 Å². The molecule has 0 bridgehead atoms. The molecule has 1 aliphatic rings. The van der Waals surface area contributed by atoms with Crippen molar-refractivity contribution in [2.75, 3.05) is 0 Å². The van der Waals surface area contributed by atoms with E-state index in [1.165, 1.54) is 6.92 Å². The minimum atomic E-state index is -0.514. The number of ketones is 1. The van der Waals surface area contributed by atoms with Crippen LogP contribution in [0.2, 0.25) is 0 Å². The molecule has 1 atom stereocenters. The molecule has 0 radical (unpaired) electrons. The van der Waals surface area contributed by atoms with Crippen LogP contribution in [-0.2, 0) is 22.5 Å². The molecule has 1 aliphatic carbocycles. The van der Waals surface area contributed by atoms with E-state index < -0.39 is 5.97 Å². The predicted molar refractivity (Wildman–Crippen MR) is 73.6 cm³/mol. The highest BCUT2D eigenvalue weighted by molar-refractivity contribution is 9.10. The van der Waals surface area contributed by atoms with Crippen molar-refractivity contribution in [2.45, 2.75) is 37.9 Å². The highest BCUT2D eigenvalue weighted by atomic mass is 79.9. The molecule has 5 heteroatoms. The summed E-state index contributed by atoms with van der Waals surface area (Å²) in [6.45, 7) is 3.26. The molecule has 0 amide bonds. The Kier molecular flexibility index (Phi) is 4.24. The van der Waals surface area contributed by atoms with Gasteiger partial charge in [-0.3, -0.25) is 14.6 Å². The van der Waals surface area contributed by atoms with Crippen LogP contribution in [0.3, 0.4) is 0 Å². The Labute approximate surface area is 120 Å². The Morgan fingerprint density at radius 2 is 2.21 bits per heavy atom. The third kappa shape index (κ3) is 2.81. The summed E-state index contributed by atoms with van der Waals surface area (Å²) in [4.78, 5) is 32.6. The van der Waals surface area contributed by atoms with E-state index in [0.29, 0.717) is 11.3 Å². The maximum absolute atomic E-state index is 12.1. The maximum atomic E-state index is 12.1. The van der Waals surface area contributed by atoms with Gasteiger partial charge in [-0.05, 0) is 24.8 Å². The van der Waals surface area contributed by atoms with Gasteiger partial charge < -0.3 is 0 Å². The van der Waals surface area contributed by atoms with Crippen LogP contribution in [0.25, 0.3) is 0 Å². The lowest BCUT2D eigenvalue weighted by Crippen LogP contribution is -2.23. The van der Waals surface area contributed by atoms with Crippen LogP contribution in [0.1, 0.15) is 41.8 Å². The zero-order valence-corrected chi connectivity index (χ0v) is 12.5. The Bertz CT molecular complexity index is 524. The molecular formula is C14H15BrO4. The predicted octanol–water partition coefficient (Wildman–Crippen LogP) is 3.00. The third-order valence-corrected chi connectivity index (χ3v) is 4.04. The standard InChI is InChI=1S/C14H15BrO4/c1-3-9-4-5-10-11(6-7-12(15)13(10)17)14(9)19-18-8(2)16/h4-5,12H,3,6-7H2,1-2H3. The molecule has 1 aromatic rings. The molecule has 0 heterocycles. The first-order valence-electron chi connectivity index (χ1n) is 6.22. The van der Waals surface area contributed by atoms with Gasteiger partial charge >= 0.3 is 5.97 Å². The number of aryl methyl sites for hydroxylation is 1. The van der Waals surface area contributed by atoms with E-state index >= 15 is 0 Å². The van der Waals surface area contributed by atoms with Crippen molar-refractivity contribution >= 4 is 27.7 Å². The normalized spacial score (nSPS) is 17.8. The largest absolute Gasteiger partial charge is 0.352 e. The third-order valence-electron chi connectivity index (χ3n) is 3.16. The van der Waals surface area contributed by atoms with Gasteiger partial charge in [-0.2, -0.15) is 0 Å². The van der Waals surface area contributed by atoms with Crippen molar-refractivity contribution in [1.82, 2.24) is 0 Å². The van der Waals surface area contributed by atoms with E-state index in [1.54, 1.807) is 0 Å². The molecular weight excluding hydrogens is 312 g/mol. The van der Waals surface area contributed by atoms with Crippen LogP contribution in [0.5, 0.6) is 5.75 Å². The number of fused-ring (bicyclic) bond motifs is 1. The van der Waals surface area contributed by atoms with Gasteiger partial charge in [0, 0.05) is 18.1 Å². The number of Topliss-reactive ketones (excluding diaryl/α,β-unsaturated/α-hetero) is 1. The topological polar surface area (TPSA) is 52.6 Å². The average Bonchev–Trinajstić information content (AvgIpc) is 2.39. The summed E-state index contributed by atoms with van der Waals surface area (Å²) in [5.41, 5.74) is 2.41. The summed E-state index contributed by atoms with van der Waals surface area (Å²) in [6.07, 6.45) is 2.19. The summed E-state index contributed by atoms with van der Waals surface area (Å²) in [7, 11) is 0. The number of hydrogen-bond donors (Lipinski definition) is 0. The Hall–Kier alpha value is -1.36. The number of carbonyl (C=O) groups is 2. The number of alkyl halides is 1. The molecule has 1 aromatic carbocycles. The number of halogens is 1. The highest BCUT2D eigenvalue weighted by Crippen LogP contribution is 2.35. The van der Waals surface area contributed by atoms with Gasteiger partial charge in [0.1, 0.15) is 0 Å². The first-order valence-corrected chi connectivity index (χ1v) is 7.14. The summed E-state index contributed by atoms with van der Waals surface area (Å²) in [5, 5.41) is 0. The van der Waals surface area contributed by atoms with Crippen molar-refractivity contribution in [1.29, 1.82) is 0 Å². The Morgan fingerprint density at radius 1 is 1.47 bits per heavy atom. The average molecular weight is 327 g/mol. The minimum absolute atomic E-state index is 0.0524. The van der Waals surface area contributed by atoms with E-state index in [0.717, 1.165) is 30.4 Å². The van der Waals surface area contributed by atoms with E-state index in [9.17, 15) is 9.59 Å². The number of rotatable bonds is 3. The number of carbonyl (C=O) groups excluding carboxylic acids is 2. The zero-order chi connectivity index (χ0) is 14.0. The second-order valence-electron chi connectivity index (χ2n) is 4.46. The summed E-state index contributed by atoms with van der Waals surface area (Å²) in [5.74, 6) is 0.0553. The molecule has 2 rings (SSSR count). The van der Waals surface area contributed by atoms with Crippen molar-refractivity contribution < 1.29 is 19.4 Å². The molecule has 0 fully saturated rings. The summed E-state index contributed by atoms with van der Waals surface area (Å²) >= 11 is 3.37. The molecule has 0 N–H and O–H groups in total. The van der Waals surface area contributed by atoms with Crippen LogP contribution < -0.4 is 4.89 Å². The molecule has 19 heavy (non-hydrogen) atoms. The molecule has 1 unspecified atom stereocenters. The quantitative estimate of drug-likeness (QED) is 0.486. The summed E-state index contributed by atoms with van der Waals surface area (Å²) < 4.78 is 0. The molecule has 102 valence electrons. The number of benzene rings is 1. The van der Waals surface area contributed by atoms with Gasteiger partial charge in [0.2, 0.25) is 0 Å². The molecule has 0 aromatic heterocycles. The van der Waals surface area contributed by atoms with Gasteiger partial charge in [0.25, 0.3) is 0 Å². The monoisotopic (exact) mass is 326 g/mol. The van der Waals surface area contributed by atoms with Crippen LogP contribution >= 0.6 is 15.9 Å². The molecule has 4 nitrogen and oxygen atoms in total. The second-order valence-corrected chi connectivity index (χ2v) is 5.57. The number of hydrogen-bond acceptors (Lipinski definition) is 4. The summed E-state index contributed by atoms with van der Waals surface area (Å²) in [6, 6.07) is 3.67. The van der Waals surface area contributed by atoms with E-state index in [4.69, 9.17) is 4.89 Å².